The monoisotopic (exact) mass is 256 g/mol. The fourth-order valence-electron chi connectivity index (χ4n) is 3.68. The van der Waals surface area contributed by atoms with E-state index < -0.39 is 0 Å². The molecule has 0 radical (unpaired) electrons. The minimum atomic E-state index is 0.312. The lowest BCUT2D eigenvalue weighted by molar-refractivity contribution is 0.00359. The van der Waals surface area contributed by atoms with Crippen LogP contribution in [0.5, 0.6) is 0 Å². The molecule has 1 saturated carbocycles. The normalized spacial score (nSPS) is 44.8. The van der Waals surface area contributed by atoms with Gasteiger partial charge in [-0.25, -0.2) is 0 Å². The molecule has 100 valence electrons. The zero-order chi connectivity index (χ0) is 12.5. The Hall–Kier alpha value is 0.270. The number of rotatable bonds is 2. The molecule has 1 heterocycles. The van der Waals surface area contributed by atoms with Crippen LogP contribution in [-0.2, 0) is 0 Å². The summed E-state index contributed by atoms with van der Waals surface area (Å²) in [7, 11) is 0. The Balaban J connectivity index is 2.13. The number of nitrogens with zero attached hydrogens (tertiary/aromatic N) is 1. The molecule has 17 heavy (non-hydrogen) atoms. The fourth-order valence-corrected chi connectivity index (χ4v) is 4.69. The first-order chi connectivity index (χ1) is 8.09. The lowest BCUT2D eigenvalue weighted by Gasteiger charge is -2.53. The van der Waals surface area contributed by atoms with Crippen molar-refractivity contribution in [1.29, 1.82) is 0 Å². The van der Waals surface area contributed by atoms with Crippen molar-refractivity contribution in [2.45, 2.75) is 51.6 Å². The predicted molar refractivity (Wildman–Crippen MR) is 77.5 cm³/mol. The highest BCUT2D eigenvalue weighted by atomic mass is 32.2. The number of thioether (sulfide) groups is 1. The molecule has 1 aliphatic heterocycles. The molecule has 4 unspecified atom stereocenters. The van der Waals surface area contributed by atoms with Gasteiger partial charge in [-0.05, 0) is 38.0 Å². The molecule has 4 atom stereocenters. The van der Waals surface area contributed by atoms with E-state index in [0.29, 0.717) is 11.6 Å². The molecule has 0 aromatic rings. The van der Waals surface area contributed by atoms with Gasteiger partial charge in [0.15, 0.2) is 0 Å². The summed E-state index contributed by atoms with van der Waals surface area (Å²) in [6, 6.07) is 0.706. The third-order valence-electron chi connectivity index (χ3n) is 5.10. The molecule has 2 N–H and O–H groups in total. The van der Waals surface area contributed by atoms with Crippen molar-refractivity contribution in [2.75, 3.05) is 24.6 Å². The SMILES string of the molecule is CC1CCC(CN)(N2CCSCC2C)CC1C. The third kappa shape index (κ3) is 2.66. The van der Waals surface area contributed by atoms with Gasteiger partial charge in [0.2, 0.25) is 0 Å². The molecular formula is C14H28N2S. The number of hydrogen-bond donors (Lipinski definition) is 1. The van der Waals surface area contributed by atoms with Crippen LogP contribution in [0.4, 0.5) is 0 Å². The van der Waals surface area contributed by atoms with Crippen LogP contribution in [0.1, 0.15) is 40.0 Å². The summed E-state index contributed by atoms with van der Waals surface area (Å²) in [5.41, 5.74) is 6.50. The highest BCUT2D eigenvalue weighted by Crippen LogP contribution is 2.41. The molecule has 3 heteroatoms. The fraction of sp³-hybridized carbons (Fsp3) is 1.00. The van der Waals surface area contributed by atoms with Crippen LogP contribution in [0.2, 0.25) is 0 Å². The Labute approximate surface area is 111 Å². The van der Waals surface area contributed by atoms with Crippen LogP contribution in [0.3, 0.4) is 0 Å². The first-order valence-electron chi connectivity index (χ1n) is 7.13. The van der Waals surface area contributed by atoms with Crippen LogP contribution in [0, 0.1) is 11.8 Å². The second kappa shape index (κ2) is 5.50. The van der Waals surface area contributed by atoms with E-state index >= 15 is 0 Å². The molecule has 2 fully saturated rings. The van der Waals surface area contributed by atoms with Gasteiger partial charge in [-0.15, -0.1) is 0 Å². The smallest absolute Gasteiger partial charge is 0.0337 e. The molecule has 0 spiro atoms. The van der Waals surface area contributed by atoms with Crippen molar-refractivity contribution < 1.29 is 0 Å². The van der Waals surface area contributed by atoms with E-state index in [1.165, 1.54) is 37.3 Å². The molecule has 0 aromatic heterocycles. The highest BCUT2D eigenvalue weighted by molar-refractivity contribution is 7.99. The van der Waals surface area contributed by atoms with Crippen molar-refractivity contribution in [2.24, 2.45) is 17.6 Å². The topological polar surface area (TPSA) is 29.3 Å². The van der Waals surface area contributed by atoms with Gasteiger partial charge in [-0.1, -0.05) is 13.8 Å². The summed E-state index contributed by atoms with van der Waals surface area (Å²) in [5.74, 6) is 4.28. The summed E-state index contributed by atoms with van der Waals surface area (Å²) in [4.78, 5) is 2.74. The first kappa shape index (κ1) is 13.7. The van der Waals surface area contributed by atoms with E-state index in [2.05, 4.69) is 37.4 Å². The standard InChI is InChI=1S/C14H28N2S/c1-11-4-5-14(10-15,8-12(11)2)16-6-7-17-9-13(16)3/h11-13H,4-10,15H2,1-3H3. The van der Waals surface area contributed by atoms with Crippen LogP contribution >= 0.6 is 11.8 Å². The van der Waals surface area contributed by atoms with Gasteiger partial charge in [0.1, 0.15) is 0 Å². The maximum absolute atomic E-state index is 6.19. The van der Waals surface area contributed by atoms with Crippen molar-refractivity contribution in [3.05, 3.63) is 0 Å². The summed E-state index contributed by atoms with van der Waals surface area (Å²) in [6.07, 6.45) is 3.97. The molecule has 2 nitrogen and oxygen atoms in total. The molecule has 1 saturated heterocycles. The van der Waals surface area contributed by atoms with Gasteiger partial charge in [-0.3, -0.25) is 4.90 Å². The average molecular weight is 256 g/mol. The Morgan fingerprint density at radius 2 is 2.06 bits per heavy atom. The van der Waals surface area contributed by atoms with Crippen LogP contribution < -0.4 is 5.73 Å². The van der Waals surface area contributed by atoms with E-state index in [-0.39, 0.29) is 0 Å². The second-order valence-electron chi connectivity index (χ2n) is 6.24. The van der Waals surface area contributed by atoms with Gasteiger partial charge in [0, 0.05) is 36.2 Å². The second-order valence-corrected chi connectivity index (χ2v) is 7.39. The minimum Gasteiger partial charge on any atom is -0.329 e. The molecular weight excluding hydrogens is 228 g/mol. The van der Waals surface area contributed by atoms with Gasteiger partial charge in [0.05, 0.1) is 0 Å². The van der Waals surface area contributed by atoms with Crippen LogP contribution in [0.25, 0.3) is 0 Å². The quantitative estimate of drug-likeness (QED) is 0.823. The lowest BCUT2D eigenvalue weighted by atomic mass is 9.70. The maximum atomic E-state index is 6.19. The van der Waals surface area contributed by atoms with E-state index in [4.69, 9.17) is 5.73 Å². The van der Waals surface area contributed by atoms with E-state index in [1.54, 1.807) is 0 Å². The number of nitrogens with two attached hydrogens (primary N) is 1. The van der Waals surface area contributed by atoms with Crippen LogP contribution in [-0.4, -0.2) is 41.1 Å². The van der Waals surface area contributed by atoms with Crippen LogP contribution in [0.15, 0.2) is 0 Å². The zero-order valence-corrected chi connectivity index (χ0v) is 12.4. The van der Waals surface area contributed by atoms with Crippen molar-refractivity contribution in [3.8, 4) is 0 Å². The van der Waals surface area contributed by atoms with Crippen molar-refractivity contribution in [3.63, 3.8) is 0 Å². The zero-order valence-electron chi connectivity index (χ0n) is 11.6. The highest BCUT2D eigenvalue weighted by Gasteiger charge is 2.43. The Kier molecular flexibility index (Phi) is 4.43. The average Bonchev–Trinajstić information content (AvgIpc) is 2.34. The van der Waals surface area contributed by atoms with E-state index in [1.807, 2.05) is 0 Å². The molecule has 2 aliphatic rings. The summed E-state index contributed by atoms with van der Waals surface area (Å²) < 4.78 is 0. The molecule has 1 aliphatic carbocycles. The molecule has 0 bridgehead atoms. The third-order valence-corrected chi connectivity index (χ3v) is 6.28. The predicted octanol–water partition coefficient (Wildman–Crippen LogP) is 2.58. The largest absolute Gasteiger partial charge is 0.329 e. The Bertz CT molecular complexity index is 259. The number of hydrogen-bond acceptors (Lipinski definition) is 3. The van der Waals surface area contributed by atoms with Crippen molar-refractivity contribution in [1.82, 2.24) is 4.90 Å². The molecule has 2 rings (SSSR count). The van der Waals surface area contributed by atoms with Crippen molar-refractivity contribution >= 4 is 11.8 Å². The van der Waals surface area contributed by atoms with Gasteiger partial charge >= 0.3 is 0 Å². The van der Waals surface area contributed by atoms with Gasteiger partial charge in [-0.2, -0.15) is 11.8 Å². The van der Waals surface area contributed by atoms with Gasteiger partial charge in [0.25, 0.3) is 0 Å². The summed E-state index contributed by atoms with van der Waals surface area (Å²) in [6.45, 7) is 9.29. The van der Waals surface area contributed by atoms with E-state index in [9.17, 15) is 0 Å². The Morgan fingerprint density at radius 1 is 1.29 bits per heavy atom. The molecule has 0 amide bonds. The summed E-state index contributed by atoms with van der Waals surface area (Å²) >= 11 is 2.10. The van der Waals surface area contributed by atoms with Gasteiger partial charge < -0.3 is 5.73 Å². The lowest BCUT2D eigenvalue weighted by Crippen LogP contribution is -2.62. The van der Waals surface area contributed by atoms with E-state index in [0.717, 1.165) is 18.4 Å². The first-order valence-corrected chi connectivity index (χ1v) is 8.29. The molecule has 0 aromatic carbocycles. The Morgan fingerprint density at radius 3 is 2.65 bits per heavy atom. The summed E-state index contributed by atoms with van der Waals surface area (Å²) in [5, 5.41) is 0. The maximum Gasteiger partial charge on any atom is 0.0337 e. The minimum absolute atomic E-state index is 0.312.